The van der Waals surface area contributed by atoms with E-state index in [1.807, 2.05) is 6.92 Å². The van der Waals surface area contributed by atoms with Gasteiger partial charge in [0.05, 0.1) is 23.9 Å². The molecule has 0 spiro atoms. The summed E-state index contributed by atoms with van der Waals surface area (Å²) in [5.74, 6) is 0.671. The molecule has 0 aliphatic heterocycles. The van der Waals surface area contributed by atoms with E-state index in [1.165, 1.54) is 44.6 Å². The van der Waals surface area contributed by atoms with E-state index in [9.17, 15) is 14.7 Å². The van der Waals surface area contributed by atoms with Crippen LogP contribution in [0.3, 0.4) is 0 Å². The normalized spacial score (nSPS) is 10.3. The maximum Gasteiger partial charge on any atom is 0.259 e. The minimum atomic E-state index is -0.566. The summed E-state index contributed by atoms with van der Waals surface area (Å²) in [6.45, 7) is 3.62. The average Bonchev–Trinajstić information content (AvgIpc) is 2.72. The Morgan fingerprint density at radius 1 is 1.00 bits per heavy atom. The second-order valence-corrected chi connectivity index (χ2v) is 6.60. The van der Waals surface area contributed by atoms with Gasteiger partial charge in [0.25, 0.3) is 11.8 Å². The van der Waals surface area contributed by atoms with Crippen molar-refractivity contribution in [1.82, 2.24) is 20.3 Å². The number of pyridine rings is 1. The summed E-state index contributed by atoms with van der Waals surface area (Å²) in [5.41, 5.74) is 1.27. The van der Waals surface area contributed by atoms with E-state index in [2.05, 4.69) is 30.9 Å². The van der Waals surface area contributed by atoms with Gasteiger partial charge in [0.2, 0.25) is 0 Å². The number of nitrogens with one attached hydrogen (secondary N) is 3. The molecule has 1 aromatic carbocycles. The Morgan fingerprint density at radius 2 is 1.77 bits per heavy atom. The van der Waals surface area contributed by atoms with E-state index in [0.29, 0.717) is 17.5 Å². The maximum absolute atomic E-state index is 12.9. The van der Waals surface area contributed by atoms with Crippen LogP contribution in [0.2, 0.25) is 0 Å². The van der Waals surface area contributed by atoms with E-state index in [4.69, 9.17) is 4.74 Å². The monoisotopic (exact) mass is 422 g/mol. The number of rotatable bonds is 6. The molecule has 3 aromatic rings. The predicted octanol–water partition coefficient (Wildman–Crippen LogP) is 2.56. The molecule has 0 bridgehead atoms. The number of aromatic hydroxyl groups is 1. The number of carbonyl (C=O) groups is 2. The lowest BCUT2D eigenvalue weighted by Gasteiger charge is -2.14. The lowest BCUT2D eigenvalue weighted by molar-refractivity contribution is 0.0963. The third kappa shape index (κ3) is 5.04. The molecule has 10 nitrogen and oxygen atoms in total. The average molecular weight is 422 g/mol. The van der Waals surface area contributed by atoms with Crippen LogP contribution >= 0.6 is 0 Å². The summed E-state index contributed by atoms with van der Waals surface area (Å²) in [6, 6.07) is 7.43. The van der Waals surface area contributed by atoms with Crippen molar-refractivity contribution in [2.45, 2.75) is 13.8 Å². The van der Waals surface area contributed by atoms with Crippen LogP contribution in [0.4, 0.5) is 17.3 Å². The van der Waals surface area contributed by atoms with Crippen molar-refractivity contribution in [3.8, 4) is 11.5 Å². The maximum atomic E-state index is 12.9. The van der Waals surface area contributed by atoms with Gasteiger partial charge in [0.15, 0.2) is 0 Å². The number of amides is 2. The summed E-state index contributed by atoms with van der Waals surface area (Å²) >= 11 is 0. The standard InChI is InChI=1S/C21H22N6O4/c1-11-7-19(25-12(2)24-11)27-18-9-16(15(10-23-18)20(29)22-3)26-21(30)14-8-13(28)5-6-17(14)31-4/h5-10,28H,1-4H3,(H,22,29)(H2,23,24,25,26,27,30). The van der Waals surface area contributed by atoms with E-state index in [1.54, 1.807) is 13.0 Å². The van der Waals surface area contributed by atoms with Crippen molar-refractivity contribution in [3.63, 3.8) is 0 Å². The highest BCUT2D eigenvalue weighted by atomic mass is 16.5. The van der Waals surface area contributed by atoms with Crippen molar-refractivity contribution in [2.24, 2.45) is 0 Å². The predicted molar refractivity (Wildman–Crippen MR) is 115 cm³/mol. The fraction of sp³-hybridized carbons (Fsp3) is 0.190. The first kappa shape index (κ1) is 21.5. The van der Waals surface area contributed by atoms with Crippen LogP contribution in [0, 0.1) is 13.8 Å². The molecule has 31 heavy (non-hydrogen) atoms. The Bertz CT molecular complexity index is 1130. The van der Waals surface area contributed by atoms with Crippen LogP contribution in [-0.2, 0) is 0 Å². The number of phenols is 1. The zero-order valence-corrected chi connectivity index (χ0v) is 17.5. The molecule has 0 saturated carbocycles. The second kappa shape index (κ2) is 9.08. The van der Waals surface area contributed by atoms with Gasteiger partial charge in [-0.2, -0.15) is 0 Å². The number of nitrogens with zero attached hydrogens (tertiary/aromatic N) is 3. The number of hydrogen-bond donors (Lipinski definition) is 4. The smallest absolute Gasteiger partial charge is 0.259 e. The molecule has 0 saturated heterocycles. The van der Waals surface area contributed by atoms with Crippen molar-refractivity contribution in [3.05, 3.63) is 59.2 Å². The Morgan fingerprint density at radius 3 is 2.45 bits per heavy atom. The molecule has 0 atom stereocenters. The van der Waals surface area contributed by atoms with Gasteiger partial charge in [-0.25, -0.2) is 15.0 Å². The van der Waals surface area contributed by atoms with Crippen molar-refractivity contribution in [2.75, 3.05) is 24.8 Å². The first-order chi connectivity index (χ1) is 14.8. The Kier molecular flexibility index (Phi) is 6.29. The number of carbonyl (C=O) groups excluding carboxylic acids is 2. The number of methoxy groups -OCH3 is 1. The van der Waals surface area contributed by atoms with Crippen molar-refractivity contribution >= 4 is 29.1 Å². The number of aryl methyl sites for hydroxylation is 2. The van der Waals surface area contributed by atoms with E-state index >= 15 is 0 Å². The molecule has 2 heterocycles. The van der Waals surface area contributed by atoms with E-state index in [-0.39, 0.29) is 28.3 Å². The lowest BCUT2D eigenvalue weighted by atomic mass is 10.1. The number of phenolic OH excluding ortho intramolecular Hbond substituents is 1. The van der Waals surface area contributed by atoms with Gasteiger partial charge < -0.3 is 25.8 Å². The first-order valence-electron chi connectivity index (χ1n) is 9.30. The fourth-order valence-corrected chi connectivity index (χ4v) is 2.92. The van der Waals surface area contributed by atoms with Crippen LogP contribution in [-0.4, -0.2) is 46.0 Å². The van der Waals surface area contributed by atoms with Gasteiger partial charge in [-0.3, -0.25) is 9.59 Å². The number of anilines is 3. The summed E-state index contributed by atoms with van der Waals surface area (Å²) in [7, 11) is 2.89. The van der Waals surface area contributed by atoms with Crippen LogP contribution < -0.4 is 20.7 Å². The van der Waals surface area contributed by atoms with Gasteiger partial charge in [-0.15, -0.1) is 0 Å². The third-order valence-electron chi connectivity index (χ3n) is 4.27. The number of hydrogen-bond acceptors (Lipinski definition) is 8. The molecule has 4 N–H and O–H groups in total. The van der Waals surface area contributed by atoms with Gasteiger partial charge in [0.1, 0.15) is 29.0 Å². The highest BCUT2D eigenvalue weighted by Crippen LogP contribution is 2.26. The lowest BCUT2D eigenvalue weighted by Crippen LogP contribution is -2.22. The quantitative estimate of drug-likeness (QED) is 0.475. The number of ether oxygens (including phenoxy) is 1. The van der Waals surface area contributed by atoms with Gasteiger partial charge in [0, 0.05) is 31.1 Å². The SMILES string of the molecule is CNC(=O)c1cnc(Nc2cc(C)nc(C)n2)cc1NC(=O)c1cc(O)ccc1OC. The highest BCUT2D eigenvalue weighted by molar-refractivity contribution is 6.10. The first-order valence-corrected chi connectivity index (χ1v) is 9.30. The molecule has 3 rings (SSSR count). The molecule has 160 valence electrons. The minimum absolute atomic E-state index is 0.0935. The summed E-state index contributed by atoms with van der Waals surface area (Å²) in [4.78, 5) is 37.9. The largest absolute Gasteiger partial charge is 0.508 e. The molecule has 2 amide bonds. The molecular weight excluding hydrogens is 400 g/mol. The molecule has 0 aliphatic carbocycles. The van der Waals surface area contributed by atoms with Crippen LogP contribution in [0.1, 0.15) is 32.2 Å². The van der Waals surface area contributed by atoms with Crippen LogP contribution in [0.25, 0.3) is 0 Å². The van der Waals surface area contributed by atoms with Gasteiger partial charge in [-0.1, -0.05) is 0 Å². The van der Waals surface area contributed by atoms with Gasteiger partial charge in [-0.05, 0) is 32.0 Å². The number of aromatic nitrogens is 3. The Hall–Kier alpha value is -4.21. The van der Waals surface area contributed by atoms with E-state index < -0.39 is 11.8 Å². The molecule has 0 aliphatic rings. The molecule has 0 unspecified atom stereocenters. The van der Waals surface area contributed by atoms with Crippen LogP contribution in [0.15, 0.2) is 36.5 Å². The molecule has 0 radical (unpaired) electrons. The van der Waals surface area contributed by atoms with E-state index in [0.717, 1.165) is 5.69 Å². The summed E-state index contributed by atoms with van der Waals surface area (Å²) < 4.78 is 5.19. The molecular formula is C21H22N6O4. The summed E-state index contributed by atoms with van der Waals surface area (Å²) in [6.07, 6.45) is 1.34. The highest BCUT2D eigenvalue weighted by Gasteiger charge is 2.18. The van der Waals surface area contributed by atoms with Gasteiger partial charge >= 0.3 is 0 Å². The van der Waals surface area contributed by atoms with Crippen molar-refractivity contribution < 1.29 is 19.4 Å². The van der Waals surface area contributed by atoms with Crippen molar-refractivity contribution in [1.29, 1.82) is 0 Å². The molecule has 10 heteroatoms. The molecule has 2 aromatic heterocycles. The van der Waals surface area contributed by atoms with Crippen LogP contribution in [0.5, 0.6) is 11.5 Å². The molecule has 0 fully saturated rings. The third-order valence-corrected chi connectivity index (χ3v) is 4.27. The minimum Gasteiger partial charge on any atom is -0.508 e. The Balaban J connectivity index is 1.97. The zero-order valence-electron chi connectivity index (χ0n) is 17.5. The summed E-state index contributed by atoms with van der Waals surface area (Å²) in [5, 5.41) is 18.0. The fourth-order valence-electron chi connectivity index (χ4n) is 2.92. The number of benzene rings is 1. The zero-order chi connectivity index (χ0) is 22.5. The Labute approximate surface area is 178 Å². The topological polar surface area (TPSA) is 138 Å². The second-order valence-electron chi connectivity index (χ2n) is 6.60.